The van der Waals surface area contributed by atoms with Gasteiger partial charge in [0, 0.05) is 17.4 Å². The molecule has 0 unspecified atom stereocenters. The summed E-state index contributed by atoms with van der Waals surface area (Å²) in [7, 11) is 0. The molecule has 0 amide bonds. The summed E-state index contributed by atoms with van der Waals surface area (Å²) >= 11 is 13.8. The van der Waals surface area contributed by atoms with Gasteiger partial charge in [0.2, 0.25) is 0 Å². The van der Waals surface area contributed by atoms with Crippen LogP contribution < -0.4 is 4.52 Å². The monoisotopic (exact) mass is 544 g/mol. The van der Waals surface area contributed by atoms with Crippen molar-refractivity contribution >= 4 is 69.3 Å². The van der Waals surface area contributed by atoms with Gasteiger partial charge >= 0.3 is 6.72 Å². The summed E-state index contributed by atoms with van der Waals surface area (Å²) < 4.78 is 29.2. The molecular formula is C18H30N2O5P2S4. The fraction of sp³-hybridized carbons (Fsp3) is 0.556. The lowest BCUT2D eigenvalue weighted by atomic mass is 10.1. The first-order chi connectivity index (χ1) is 14.8. The molecule has 0 spiro atoms. The Kier molecular flexibility index (Phi) is 14.3. The summed E-state index contributed by atoms with van der Waals surface area (Å²) in [6.45, 7) is 8.18. The van der Waals surface area contributed by atoms with Crippen LogP contribution in [0.15, 0.2) is 34.5 Å². The van der Waals surface area contributed by atoms with Crippen LogP contribution in [0.3, 0.4) is 0 Å². The molecule has 0 aromatic heterocycles. The van der Waals surface area contributed by atoms with Gasteiger partial charge in [0.05, 0.1) is 32.1 Å². The normalized spacial score (nSPS) is 13.5. The number of para-hydroxylation sites is 1. The molecule has 0 saturated carbocycles. The fourth-order valence-electron chi connectivity index (χ4n) is 2.14. The Bertz CT molecular complexity index is 834. The molecule has 0 heterocycles. The molecule has 0 fully saturated rings. The van der Waals surface area contributed by atoms with E-state index in [2.05, 4.69) is 10.2 Å². The maximum Gasteiger partial charge on any atom is 0.380 e. The Balaban J connectivity index is 3.17. The molecule has 0 aliphatic rings. The molecule has 1 aromatic rings. The van der Waals surface area contributed by atoms with Crippen molar-refractivity contribution in [2.24, 2.45) is 10.2 Å². The Morgan fingerprint density at radius 3 is 1.97 bits per heavy atom. The minimum atomic E-state index is -2.90. The first kappa shape index (κ1) is 29.2. The van der Waals surface area contributed by atoms with Crippen molar-refractivity contribution in [1.29, 1.82) is 0 Å². The zero-order valence-electron chi connectivity index (χ0n) is 18.6. The van der Waals surface area contributed by atoms with Crippen molar-refractivity contribution in [3.8, 4) is 5.75 Å². The maximum absolute atomic E-state index is 6.00. The van der Waals surface area contributed by atoms with Crippen LogP contribution in [-0.4, -0.2) is 42.8 Å². The van der Waals surface area contributed by atoms with Crippen molar-refractivity contribution in [3.05, 3.63) is 29.8 Å². The first-order valence-electron chi connectivity index (χ1n) is 9.69. The van der Waals surface area contributed by atoms with Crippen LogP contribution in [0.1, 0.15) is 40.2 Å². The third kappa shape index (κ3) is 10.3. The molecule has 0 aliphatic carbocycles. The van der Waals surface area contributed by atoms with Gasteiger partial charge in [-0.1, -0.05) is 12.1 Å². The van der Waals surface area contributed by atoms with Crippen molar-refractivity contribution in [3.63, 3.8) is 0 Å². The molecule has 0 aliphatic heterocycles. The predicted molar refractivity (Wildman–Crippen MR) is 143 cm³/mol. The molecule has 1 rings (SSSR count). The molecule has 1 aromatic carbocycles. The number of benzene rings is 1. The zero-order chi connectivity index (χ0) is 23.3. The highest BCUT2D eigenvalue weighted by Gasteiger charge is 2.24. The molecular weight excluding hydrogens is 514 g/mol. The molecule has 31 heavy (non-hydrogen) atoms. The Hall–Kier alpha value is 0.200. The van der Waals surface area contributed by atoms with Gasteiger partial charge in [-0.3, -0.25) is 9.05 Å². The number of rotatable bonds is 13. The molecule has 0 saturated heterocycles. The van der Waals surface area contributed by atoms with Crippen molar-refractivity contribution in [2.45, 2.75) is 34.6 Å². The van der Waals surface area contributed by atoms with Crippen LogP contribution in [0.2, 0.25) is 0 Å². The Morgan fingerprint density at radius 1 is 0.903 bits per heavy atom. The third-order valence-electron chi connectivity index (χ3n) is 3.28. The summed E-state index contributed by atoms with van der Waals surface area (Å²) in [5.74, 6) is 0.538. The smallest absolute Gasteiger partial charge is 0.380 e. The van der Waals surface area contributed by atoms with E-state index in [1.54, 1.807) is 0 Å². The fourth-order valence-corrected chi connectivity index (χ4v) is 10.6. The minimum absolute atomic E-state index is 0.400. The van der Waals surface area contributed by atoms with Crippen LogP contribution in [-0.2, 0) is 41.7 Å². The molecule has 0 atom stereocenters. The molecule has 176 valence electrons. The van der Waals surface area contributed by atoms with Crippen LogP contribution in [0.25, 0.3) is 0 Å². The van der Waals surface area contributed by atoms with E-state index in [4.69, 9.17) is 46.2 Å². The molecule has 0 N–H and O–H groups in total. The summed E-state index contributed by atoms with van der Waals surface area (Å²) in [4.78, 5) is 0. The van der Waals surface area contributed by atoms with Gasteiger partial charge in [0.15, 0.2) is 4.38 Å². The van der Waals surface area contributed by atoms with Crippen molar-refractivity contribution in [1.82, 2.24) is 0 Å². The van der Waals surface area contributed by atoms with E-state index >= 15 is 0 Å². The van der Waals surface area contributed by atoms with Crippen LogP contribution in [0, 0.1) is 0 Å². The average Bonchev–Trinajstić information content (AvgIpc) is 2.71. The summed E-state index contributed by atoms with van der Waals surface area (Å²) in [5, 5.41) is 8.77. The van der Waals surface area contributed by atoms with Crippen LogP contribution in [0.4, 0.5) is 0 Å². The average molecular weight is 545 g/mol. The highest BCUT2D eigenvalue weighted by molar-refractivity contribution is 8.78. The van der Waals surface area contributed by atoms with E-state index in [0.717, 1.165) is 5.56 Å². The van der Waals surface area contributed by atoms with Gasteiger partial charge in [-0.2, -0.15) is 5.10 Å². The first-order valence-corrected chi connectivity index (χ1v) is 17.5. The maximum atomic E-state index is 6.00. The predicted octanol–water partition coefficient (Wildman–Crippen LogP) is 6.84. The van der Waals surface area contributed by atoms with Gasteiger partial charge in [-0.15, -0.1) is 16.9 Å². The highest BCUT2D eigenvalue weighted by Crippen LogP contribution is 2.62. The summed E-state index contributed by atoms with van der Waals surface area (Å²) in [5.41, 5.74) is -1.11. The summed E-state index contributed by atoms with van der Waals surface area (Å²) in [6.07, 6.45) is 1.91. The zero-order valence-corrected chi connectivity index (χ0v) is 23.7. The van der Waals surface area contributed by atoms with E-state index in [1.165, 1.54) is 23.1 Å². The van der Waals surface area contributed by atoms with E-state index < -0.39 is 12.4 Å². The second kappa shape index (κ2) is 15.2. The SMILES string of the molecule is CCOP(=S)(OCC)Oc1ccccc1/C(C)=N/N=C(\SC)SP(=S)(OCC)OCC. The molecule has 13 heteroatoms. The van der Waals surface area contributed by atoms with E-state index in [1.807, 2.05) is 65.1 Å². The number of hydrogen-bond acceptors (Lipinski definition) is 11. The number of thioether (sulfide) groups is 1. The quantitative estimate of drug-likeness (QED) is 0.115. The molecule has 0 bridgehead atoms. The Morgan fingerprint density at radius 2 is 1.45 bits per heavy atom. The lowest BCUT2D eigenvalue weighted by Gasteiger charge is -2.22. The van der Waals surface area contributed by atoms with Gasteiger partial charge in [0.1, 0.15) is 5.75 Å². The highest BCUT2D eigenvalue weighted by atomic mass is 32.9. The van der Waals surface area contributed by atoms with E-state index in [9.17, 15) is 0 Å². The topological polar surface area (TPSA) is 70.9 Å². The minimum Gasteiger partial charge on any atom is -0.423 e. The summed E-state index contributed by atoms with van der Waals surface area (Å²) in [6, 6.07) is 7.45. The van der Waals surface area contributed by atoms with E-state index in [0.29, 0.717) is 42.3 Å². The van der Waals surface area contributed by atoms with Crippen molar-refractivity contribution < 1.29 is 22.6 Å². The van der Waals surface area contributed by atoms with Crippen LogP contribution >= 0.6 is 35.6 Å². The molecule has 7 nitrogen and oxygen atoms in total. The van der Waals surface area contributed by atoms with E-state index in [-0.39, 0.29) is 0 Å². The lowest BCUT2D eigenvalue weighted by molar-refractivity contribution is 0.218. The van der Waals surface area contributed by atoms with Gasteiger partial charge in [-0.05, 0) is 76.2 Å². The number of hydrogen-bond donors (Lipinski definition) is 0. The number of nitrogens with zero attached hydrogens (tertiary/aromatic N) is 2. The Labute approximate surface area is 204 Å². The van der Waals surface area contributed by atoms with Gasteiger partial charge in [0.25, 0.3) is 5.69 Å². The lowest BCUT2D eigenvalue weighted by Crippen LogP contribution is -2.05. The van der Waals surface area contributed by atoms with Gasteiger partial charge in [-0.25, -0.2) is 0 Å². The van der Waals surface area contributed by atoms with Crippen LogP contribution in [0.5, 0.6) is 5.75 Å². The second-order valence-electron chi connectivity index (χ2n) is 5.50. The third-order valence-corrected chi connectivity index (χ3v) is 12.0. The van der Waals surface area contributed by atoms with Gasteiger partial charge < -0.3 is 13.6 Å². The largest absolute Gasteiger partial charge is 0.423 e. The van der Waals surface area contributed by atoms with Crippen molar-refractivity contribution in [2.75, 3.05) is 32.7 Å². The second-order valence-corrected chi connectivity index (χ2v) is 15.6. The standard InChI is InChI=1S/C18H30N2O5P2S4/c1-7-21-26(28,22-8-2)25-17-14-12-11-13-16(17)15(5)19-20-18(30-6)31-27(29,23-9-3)24-10-4/h11-14H,7-10H2,1-6H3/b19-15+,20-18+. The molecule has 0 radical (unpaired) electrons.